The van der Waals surface area contributed by atoms with E-state index in [4.69, 9.17) is 14.7 Å². The maximum Gasteiger partial charge on any atom is 0.317 e. The van der Waals surface area contributed by atoms with Crippen LogP contribution in [-0.4, -0.2) is 35.9 Å². The predicted octanol–water partition coefficient (Wildman–Crippen LogP) is 2.24. The molecule has 3 N–H and O–H groups in total. The van der Waals surface area contributed by atoms with Crippen molar-refractivity contribution < 1.29 is 29.4 Å². The van der Waals surface area contributed by atoms with E-state index < -0.39 is 23.2 Å². The third-order valence-corrected chi connectivity index (χ3v) is 5.81. The topological polar surface area (TPSA) is 105 Å². The molecule has 2 aliphatic rings. The maximum absolute atomic E-state index is 12.5. The number of phenols is 1. The summed E-state index contributed by atoms with van der Waals surface area (Å²) in [6.07, 6.45) is 0.917. The minimum absolute atomic E-state index is 0.0940. The summed E-state index contributed by atoms with van der Waals surface area (Å²) in [5.41, 5.74) is 2.69. The number of methoxy groups -OCH3 is 1. The largest absolute Gasteiger partial charge is 0.508 e. The first-order valence-corrected chi connectivity index (χ1v) is 9.10. The van der Waals surface area contributed by atoms with Crippen LogP contribution >= 0.6 is 0 Å². The molecule has 0 radical (unpaired) electrons. The molecule has 146 valence electrons. The molecule has 7 heteroatoms. The number of benzene rings is 2. The van der Waals surface area contributed by atoms with Gasteiger partial charge in [-0.25, -0.2) is 5.48 Å². The van der Waals surface area contributed by atoms with Crippen molar-refractivity contribution in [2.45, 2.75) is 24.2 Å². The van der Waals surface area contributed by atoms with Crippen LogP contribution in [0.1, 0.15) is 35.4 Å². The summed E-state index contributed by atoms with van der Waals surface area (Å²) < 4.78 is 10.7. The van der Waals surface area contributed by atoms with Gasteiger partial charge in [0.15, 0.2) is 0 Å². The van der Waals surface area contributed by atoms with Crippen molar-refractivity contribution in [3.63, 3.8) is 0 Å². The number of fused-ring (bicyclic) bond motifs is 1. The number of nitrogens with one attached hydrogen (secondary N) is 1. The van der Waals surface area contributed by atoms with Gasteiger partial charge in [-0.1, -0.05) is 30.3 Å². The summed E-state index contributed by atoms with van der Waals surface area (Å²) >= 11 is 0. The Hall–Kier alpha value is -3.06. The van der Waals surface area contributed by atoms with E-state index >= 15 is 0 Å². The van der Waals surface area contributed by atoms with Crippen LogP contribution in [0.2, 0.25) is 0 Å². The van der Waals surface area contributed by atoms with E-state index in [1.54, 1.807) is 23.7 Å². The van der Waals surface area contributed by atoms with Crippen molar-refractivity contribution in [2.75, 3.05) is 13.7 Å². The highest BCUT2D eigenvalue weighted by molar-refractivity contribution is 5.98. The predicted molar refractivity (Wildman–Crippen MR) is 98.2 cm³/mol. The van der Waals surface area contributed by atoms with Gasteiger partial charge in [-0.3, -0.25) is 14.8 Å². The van der Waals surface area contributed by atoms with Gasteiger partial charge in [-0.2, -0.15) is 0 Å². The van der Waals surface area contributed by atoms with Crippen LogP contribution in [0.15, 0.2) is 42.5 Å². The molecule has 4 rings (SSSR count). The second-order valence-electron chi connectivity index (χ2n) is 7.20. The van der Waals surface area contributed by atoms with Crippen LogP contribution < -0.4 is 10.2 Å². The first kappa shape index (κ1) is 18.3. The Kier molecular flexibility index (Phi) is 4.47. The van der Waals surface area contributed by atoms with Crippen LogP contribution in [-0.2, 0) is 19.7 Å². The maximum atomic E-state index is 12.5. The fourth-order valence-corrected chi connectivity index (χ4v) is 4.28. The van der Waals surface area contributed by atoms with Crippen molar-refractivity contribution >= 4 is 11.9 Å². The van der Waals surface area contributed by atoms with Crippen molar-refractivity contribution in [3.8, 4) is 11.5 Å². The number of para-hydroxylation sites is 1. The fourth-order valence-electron chi connectivity index (χ4n) is 4.28. The van der Waals surface area contributed by atoms with Crippen LogP contribution in [0.4, 0.5) is 0 Å². The SMILES string of the molecule is COC(=O)[C@@]1(c2ccc(O)c(C3CCOc4ccccc43)c2)C[C@@H]1C(=O)NO. The molecule has 1 aliphatic carbocycles. The molecule has 0 spiro atoms. The molecule has 0 aromatic heterocycles. The van der Waals surface area contributed by atoms with Gasteiger partial charge in [0, 0.05) is 17.0 Å². The van der Waals surface area contributed by atoms with E-state index in [1.165, 1.54) is 7.11 Å². The molecule has 2 aromatic rings. The molecule has 3 atom stereocenters. The quantitative estimate of drug-likeness (QED) is 0.425. The van der Waals surface area contributed by atoms with Crippen molar-refractivity contribution in [1.29, 1.82) is 0 Å². The Morgan fingerprint density at radius 2 is 2.00 bits per heavy atom. The molecule has 2 aromatic carbocycles. The highest BCUT2D eigenvalue weighted by Gasteiger charge is 2.65. The first-order chi connectivity index (χ1) is 13.5. The lowest BCUT2D eigenvalue weighted by molar-refractivity contribution is -0.146. The third-order valence-electron chi connectivity index (χ3n) is 5.81. The van der Waals surface area contributed by atoms with Crippen molar-refractivity contribution in [3.05, 3.63) is 59.2 Å². The van der Waals surface area contributed by atoms with E-state index in [1.807, 2.05) is 24.3 Å². The Morgan fingerprint density at radius 1 is 1.21 bits per heavy atom. The van der Waals surface area contributed by atoms with Crippen LogP contribution in [0.5, 0.6) is 11.5 Å². The second-order valence-corrected chi connectivity index (χ2v) is 7.20. The molecular formula is C21H21NO6. The highest BCUT2D eigenvalue weighted by Crippen LogP contribution is 2.56. The summed E-state index contributed by atoms with van der Waals surface area (Å²) in [4.78, 5) is 24.5. The fraction of sp³-hybridized carbons (Fsp3) is 0.333. The number of hydrogen-bond acceptors (Lipinski definition) is 6. The number of carbonyl (C=O) groups excluding carboxylic acids is 2. The molecule has 0 bridgehead atoms. The van der Waals surface area contributed by atoms with Gasteiger partial charge in [-0.05, 0) is 30.5 Å². The Labute approximate surface area is 161 Å². The molecule has 1 unspecified atom stereocenters. The zero-order valence-electron chi connectivity index (χ0n) is 15.3. The van der Waals surface area contributed by atoms with Gasteiger partial charge in [0.25, 0.3) is 0 Å². The molecule has 28 heavy (non-hydrogen) atoms. The smallest absolute Gasteiger partial charge is 0.317 e. The highest BCUT2D eigenvalue weighted by atomic mass is 16.5. The molecular weight excluding hydrogens is 362 g/mol. The van der Waals surface area contributed by atoms with E-state index in [9.17, 15) is 14.7 Å². The summed E-state index contributed by atoms with van der Waals surface area (Å²) in [5, 5.41) is 19.5. The number of rotatable bonds is 4. The van der Waals surface area contributed by atoms with Gasteiger partial charge in [-0.15, -0.1) is 0 Å². The summed E-state index contributed by atoms with van der Waals surface area (Å²) in [6, 6.07) is 12.6. The van der Waals surface area contributed by atoms with Crippen LogP contribution in [0, 0.1) is 5.92 Å². The standard InChI is InChI=1S/C21H21NO6/c1-27-20(25)21(11-16(21)19(24)22-26)12-6-7-17(23)15(10-12)13-8-9-28-18-5-3-2-4-14(13)18/h2-7,10,13,16,23,26H,8-9,11H2,1H3,(H,22,24)/t13?,16-,21-/m1/s1. The van der Waals surface area contributed by atoms with Crippen LogP contribution in [0.3, 0.4) is 0 Å². The van der Waals surface area contributed by atoms with E-state index in [-0.39, 0.29) is 18.1 Å². The van der Waals surface area contributed by atoms with E-state index in [0.717, 1.165) is 11.3 Å². The first-order valence-electron chi connectivity index (χ1n) is 9.10. The Morgan fingerprint density at radius 3 is 2.75 bits per heavy atom. The zero-order chi connectivity index (χ0) is 19.9. The number of amides is 1. The van der Waals surface area contributed by atoms with Crippen LogP contribution in [0.25, 0.3) is 0 Å². The molecule has 7 nitrogen and oxygen atoms in total. The molecule has 1 fully saturated rings. The summed E-state index contributed by atoms with van der Waals surface area (Å²) in [5.74, 6) is -1.08. The number of hydroxylamine groups is 1. The normalized spacial score (nSPS) is 25.2. The van der Waals surface area contributed by atoms with Gasteiger partial charge >= 0.3 is 5.97 Å². The summed E-state index contributed by atoms with van der Waals surface area (Å²) in [6.45, 7) is 0.517. The number of ether oxygens (including phenoxy) is 2. The lowest BCUT2D eigenvalue weighted by atomic mass is 9.83. The van der Waals surface area contributed by atoms with Gasteiger partial charge in [0.1, 0.15) is 16.9 Å². The Balaban J connectivity index is 1.78. The van der Waals surface area contributed by atoms with E-state index in [2.05, 4.69) is 0 Å². The van der Waals surface area contributed by atoms with Gasteiger partial charge in [0.05, 0.1) is 19.6 Å². The second kappa shape index (κ2) is 6.83. The van der Waals surface area contributed by atoms with Gasteiger partial charge in [0.2, 0.25) is 5.91 Å². The molecule has 1 amide bonds. The van der Waals surface area contributed by atoms with E-state index in [0.29, 0.717) is 24.2 Å². The lowest BCUT2D eigenvalue weighted by Gasteiger charge is -2.27. The minimum Gasteiger partial charge on any atom is -0.508 e. The zero-order valence-corrected chi connectivity index (χ0v) is 15.3. The monoisotopic (exact) mass is 383 g/mol. The number of hydrogen-bond donors (Lipinski definition) is 3. The van der Waals surface area contributed by atoms with Gasteiger partial charge < -0.3 is 14.6 Å². The Bertz CT molecular complexity index is 942. The number of esters is 1. The summed E-state index contributed by atoms with van der Waals surface area (Å²) in [7, 11) is 1.27. The van der Waals surface area contributed by atoms with Crippen molar-refractivity contribution in [2.24, 2.45) is 5.92 Å². The molecule has 0 saturated heterocycles. The lowest BCUT2D eigenvalue weighted by Crippen LogP contribution is -2.31. The minimum atomic E-state index is -1.16. The third kappa shape index (κ3) is 2.70. The number of aromatic hydroxyl groups is 1. The molecule has 1 aliphatic heterocycles. The number of carbonyl (C=O) groups is 2. The average Bonchev–Trinajstić information content (AvgIpc) is 3.49. The molecule has 1 heterocycles. The van der Waals surface area contributed by atoms with Crippen molar-refractivity contribution in [1.82, 2.24) is 5.48 Å². The average molecular weight is 383 g/mol. The number of phenolic OH excluding ortho intramolecular Hbond substituents is 1. The molecule has 1 saturated carbocycles.